The van der Waals surface area contributed by atoms with E-state index in [0.29, 0.717) is 28.6 Å². The van der Waals surface area contributed by atoms with Crippen LogP contribution in [0.2, 0.25) is 5.02 Å². The summed E-state index contributed by atoms with van der Waals surface area (Å²) < 4.78 is 15.7. The standard InChI is InChI=1S/C19H15ClFN5/c1-25(12-13-6-8-14(20)9-7-13)18-11-10-17-22-23-19(26(17)24-18)15-4-2-3-5-16(15)21/h2-11H,12H2,1H3. The summed E-state index contributed by atoms with van der Waals surface area (Å²) in [5, 5.41) is 13.5. The van der Waals surface area contributed by atoms with Crippen molar-refractivity contribution in [3.8, 4) is 11.4 Å². The van der Waals surface area contributed by atoms with Crippen molar-refractivity contribution in [2.24, 2.45) is 0 Å². The predicted octanol–water partition coefficient (Wildman–Crippen LogP) is 4.22. The molecule has 2 heterocycles. The molecule has 0 bridgehead atoms. The number of rotatable bonds is 4. The molecule has 0 amide bonds. The van der Waals surface area contributed by atoms with Crippen LogP contribution in [0.3, 0.4) is 0 Å². The number of anilines is 1. The second-order valence-electron chi connectivity index (χ2n) is 5.95. The second-order valence-corrected chi connectivity index (χ2v) is 6.38. The molecule has 0 saturated heterocycles. The van der Waals surface area contributed by atoms with E-state index in [0.717, 1.165) is 11.4 Å². The Hall–Kier alpha value is -2.99. The van der Waals surface area contributed by atoms with E-state index in [1.54, 1.807) is 22.7 Å². The largest absolute Gasteiger partial charge is 0.354 e. The minimum Gasteiger partial charge on any atom is -0.354 e. The van der Waals surface area contributed by atoms with E-state index in [4.69, 9.17) is 11.6 Å². The number of nitrogens with zero attached hydrogens (tertiary/aromatic N) is 5. The molecule has 0 aliphatic heterocycles. The molecule has 0 aliphatic carbocycles. The van der Waals surface area contributed by atoms with Crippen molar-refractivity contribution >= 4 is 23.1 Å². The van der Waals surface area contributed by atoms with E-state index >= 15 is 0 Å². The summed E-state index contributed by atoms with van der Waals surface area (Å²) in [5.74, 6) is 0.744. The van der Waals surface area contributed by atoms with Gasteiger partial charge in [-0.25, -0.2) is 4.39 Å². The average molecular weight is 368 g/mol. The highest BCUT2D eigenvalue weighted by Crippen LogP contribution is 2.22. The highest BCUT2D eigenvalue weighted by atomic mass is 35.5. The molecule has 0 aliphatic rings. The quantitative estimate of drug-likeness (QED) is 0.541. The van der Waals surface area contributed by atoms with E-state index in [2.05, 4.69) is 15.3 Å². The zero-order chi connectivity index (χ0) is 18.1. The fraction of sp³-hybridized carbons (Fsp3) is 0.105. The molecule has 130 valence electrons. The van der Waals surface area contributed by atoms with E-state index in [1.807, 2.05) is 48.3 Å². The summed E-state index contributed by atoms with van der Waals surface area (Å²) in [6.07, 6.45) is 0. The van der Waals surface area contributed by atoms with Crippen molar-refractivity contribution in [3.63, 3.8) is 0 Å². The van der Waals surface area contributed by atoms with Crippen LogP contribution in [0.25, 0.3) is 17.0 Å². The van der Waals surface area contributed by atoms with Crippen molar-refractivity contribution < 1.29 is 4.39 Å². The van der Waals surface area contributed by atoms with Gasteiger partial charge in [0.05, 0.1) is 5.56 Å². The fourth-order valence-electron chi connectivity index (χ4n) is 2.74. The van der Waals surface area contributed by atoms with Crippen LogP contribution in [0.4, 0.5) is 10.2 Å². The first-order chi connectivity index (χ1) is 12.6. The van der Waals surface area contributed by atoms with Gasteiger partial charge in [-0.15, -0.1) is 15.3 Å². The summed E-state index contributed by atoms with van der Waals surface area (Å²) in [4.78, 5) is 1.99. The molecule has 0 saturated carbocycles. The van der Waals surface area contributed by atoms with Crippen molar-refractivity contribution in [3.05, 3.63) is 77.1 Å². The van der Waals surface area contributed by atoms with Gasteiger partial charge in [-0.1, -0.05) is 35.9 Å². The Labute approximate surface area is 154 Å². The van der Waals surface area contributed by atoms with Crippen LogP contribution in [0, 0.1) is 5.82 Å². The summed E-state index contributed by atoms with van der Waals surface area (Å²) in [7, 11) is 1.94. The van der Waals surface area contributed by atoms with Gasteiger partial charge in [0.25, 0.3) is 0 Å². The number of fused-ring (bicyclic) bond motifs is 1. The zero-order valence-electron chi connectivity index (χ0n) is 14.0. The first-order valence-corrected chi connectivity index (χ1v) is 8.42. The Balaban J connectivity index is 1.69. The number of benzene rings is 2. The van der Waals surface area contributed by atoms with Gasteiger partial charge >= 0.3 is 0 Å². The van der Waals surface area contributed by atoms with Gasteiger partial charge in [-0.3, -0.25) is 0 Å². The minimum atomic E-state index is -0.358. The molecule has 0 unspecified atom stereocenters. The van der Waals surface area contributed by atoms with Crippen molar-refractivity contribution in [2.75, 3.05) is 11.9 Å². The highest BCUT2D eigenvalue weighted by molar-refractivity contribution is 6.30. The number of halogens is 2. The fourth-order valence-corrected chi connectivity index (χ4v) is 2.86. The third kappa shape index (κ3) is 3.11. The van der Waals surface area contributed by atoms with Crippen LogP contribution in [0.15, 0.2) is 60.7 Å². The Morgan fingerprint density at radius 3 is 2.54 bits per heavy atom. The van der Waals surface area contributed by atoms with Crippen LogP contribution in [0.1, 0.15) is 5.56 Å². The normalized spacial score (nSPS) is 11.0. The molecule has 2 aromatic carbocycles. The molecule has 0 spiro atoms. The van der Waals surface area contributed by atoms with Crippen molar-refractivity contribution in [1.82, 2.24) is 19.8 Å². The molecule has 0 atom stereocenters. The maximum Gasteiger partial charge on any atom is 0.188 e. The number of aromatic nitrogens is 4. The average Bonchev–Trinajstić information content (AvgIpc) is 3.07. The molecule has 2 aromatic heterocycles. The third-order valence-corrected chi connectivity index (χ3v) is 4.34. The van der Waals surface area contributed by atoms with Crippen LogP contribution in [-0.2, 0) is 6.54 Å². The Morgan fingerprint density at radius 2 is 1.77 bits per heavy atom. The summed E-state index contributed by atoms with van der Waals surface area (Å²) >= 11 is 5.93. The van der Waals surface area contributed by atoms with Crippen LogP contribution >= 0.6 is 11.6 Å². The lowest BCUT2D eigenvalue weighted by Crippen LogP contribution is -2.18. The van der Waals surface area contributed by atoms with Crippen LogP contribution < -0.4 is 4.90 Å². The molecule has 0 radical (unpaired) electrons. The summed E-state index contributed by atoms with van der Waals surface area (Å²) in [6.45, 7) is 0.660. The Bertz CT molecular complexity index is 1060. The van der Waals surface area contributed by atoms with Gasteiger partial charge in [-0.2, -0.15) is 4.52 Å². The van der Waals surface area contributed by atoms with Crippen molar-refractivity contribution in [1.29, 1.82) is 0 Å². The molecule has 26 heavy (non-hydrogen) atoms. The number of hydrogen-bond acceptors (Lipinski definition) is 4. The molecular weight excluding hydrogens is 353 g/mol. The van der Waals surface area contributed by atoms with Crippen LogP contribution in [-0.4, -0.2) is 26.9 Å². The summed E-state index contributed by atoms with van der Waals surface area (Å²) in [6, 6.07) is 17.8. The number of hydrogen-bond donors (Lipinski definition) is 0. The molecule has 4 aromatic rings. The molecule has 7 heteroatoms. The van der Waals surface area contributed by atoms with Crippen molar-refractivity contribution in [2.45, 2.75) is 6.54 Å². The topological polar surface area (TPSA) is 46.3 Å². The lowest BCUT2D eigenvalue weighted by atomic mass is 10.2. The van der Waals surface area contributed by atoms with Crippen LogP contribution in [0.5, 0.6) is 0 Å². The second kappa shape index (κ2) is 6.72. The van der Waals surface area contributed by atoms with E-state index in [-0.39, 0.29) is 5.82 Å². The smallest absolute Gasteiger partial charge is 0.188 e. The third-order valence-electron chi connectivity index (χ3n) is 4.09. The SMILES string of the molecule is CN(Cc1ccc(Cl)cc1)c1ccc2nnc(-c3ccccc3F)n2n1. The van der Waals surface area contributed by atoms with Gasteiger partial charge < -0.3 is 4.90 Å². The monoisotopic (exact) mass is 367 g/mol. The van der Waals surface area contributed by atoms with E-state index in [9.17, 15) is 4.39 Å². The molecule has 0 fully saturated rings. The zero-order valence-corrected chi connectivity index (χ0v) is 14.7. The Kier molecular flexibility index (Phi) is 4.26. The first kappa shape index (κ1) is 16.5. The lowest BCUT2D eigenvalue weighted by molar-refractivity contribution is 0.629. The highest BCUT2D eigenvalue weighted by Gasteiger charge is 2.14. The minimum absolute atomic E-state index is 0.358. The van der Waals surface area contributed by atoms with Gasteiger partial charge in [0.2, 0.25) is 0 Å². The Morgan fingerprint density at radius 1 is 1.00 bits per heavy atom. The van der Waals surface area contributed by atoms with Gasteiger partial charge in [0.15, 0.2) is 11.5 Å². The van der Waals surface area contributed by atoms with E-state index < -0.39 is 0 Å². The lowest BCUT2D eigenvalue weighted by Gasteiger charge is -2.18. The molecule has 5 nitrogen and oxygen atoms in total. The summed E-state index contributed by atoms with van der Waals surface area (Å²) in [5.41, 5.74) is 2.04. The van der Waals surface area contributed by atoms with Gasteiger partial charge in [0, 0.05) is 18.6 Å². The molecule has 4 rings (SSSR count). The maximum absolute atomic E-state index is 14.1. The van der Waals surface area contributed by atoms with Gasteiger partial charge in [-0.05, 0) is 42.0 Å². The molecule has 0 N–H and O–H groups in total. The van der Waals surface area contributed by atoms with E-state index in [1.165, 1.54) is 6.07 Å². The van der Waals surface area contributed by atoms with Gasteiger partial charge in [0.1, 0.15) is 11.6 Å². The first-order valence-electron chi connectivity index (χ1n) is 8.05. The molecular formula is C19H15ClFN5. The predicted molar refractivity (Wildman–Crippen MR) is 99.7 cm³/mol. The maximum atomic E-state index is 14.1.